The summed E-state index contributed by atoms with van der Waals surface area (Å²) in [5.41, 5.74) is 2.51. The summed E-state index contributed by atoms with van der Waals surface area (Å²) in [5.74, 6) is 0.615. The highest BCUT2D eigenvalue weighted by Crippen LogP contribution is 2.26. The molecule has 0 atom stereocenters. The molecule has 0 spiro atoms. The van der Waals surface area contributed by atoms with E-state index in [-0.39, 0.29) is 0 Å². The van der Waals surface area contributed by atoms with Gasteiger partial charge in [0.2, 0.25) is 0 Å². The van der Waals surface area contributed by atoms with E-state index in [1.54, 1.807) is 13.2 Å². The molecule has 1 aromatic carbocycles. The van der Waals surface area contributed by atoms with E-state index in [9.17, 15) is 0 Å². The highest BCUT2D eigenvalue weighted by atomic mass is 15.0. The number of hydrogen-bond acceptors (Lipinski definition) is 3. The van der Waals surface area contributed by atoms with E-state index in [0.29, 0.717) is 11.4 Å². The van der Waals surface area contributed by atoms with Crippen LogP contribution in [0.1, 0.15) is 5.56 Å². The highest BCUT2D eigenvalue weighted by molar-refractivity contribution is 5.75. The second-order valence-corrected chi connectivity index (χ2v) is 3.31. The second-order valence-electron chi connectivity index (χ2n) is 3.31. The van der Waals surface area contributed by atoms with Gasteiger partial charge in [-0.25, -0.2) is 4.98 Å². The minimum absolute atomic E-state index is 0.580. The van der Waals surface area contributed by atoms with Crippen LogP contribution in [-0.4, -0.2) is 12.0 Å². The van der Waals surface area contributed by atoms with Crippen LogP contribution in [0.25, 0.3) is 11.1 Å². The van der Waals surface area contributed by atoms with E-state index in [1.165, 1.54) is 0 Å². The number of rotatable bonds is 2. The zero-order chi connectivity index (χ0) is 11.4. The van der Waals surface area contributed by atoms with Crippen LogP contribution in [0, 0.1) is 11.3 Å². The van der Waals surface area contributed by atoms with E-state index < -0.39 is 0 Å². The summed E-state index contributed by atoms with van der Waals surface area (Å²) in [6.45, 7) is 0. The van der Waals surface area contributed by atoms with Crippen LogP contribution in [-0.2, 0) is 0 Å². The van der Waals surface area contributed by atoms with Crippen molar-refractivity contribution in [2.24, 2.45) is 0 Å². The molecule has 3 heteroatoms. The standard InChI is InChI=1S/C13H11N3/c1-15-13-12(9-14)11(7-8-16-13)10-5-3-2-4-6-10/h2-8H,1H3,(H,15,16). The summed E-state index contributed by atoms with van der Waals surface area (Å²) < 4.78 is 0. The zero-order valence-electron chi connectivity index (χ0n) is 8.94. The van der Waals surface area contributed by atoms with Gasteiger partial charge in [0.15, 0.2) is 0 Å². The van der Waals surface area contributed by atoms with Crippen LogP contribution in [0.3, 0.4) is 0 Å². The first-order valence-corrected chi connectivity index (χ1v) is 4.99. The third-order valence-electron chi connectivity index (χ3n) is 2.38. The number of hydrogen-bond donors (Lipinski definition) is 1. The lowest BCUT2D eigenvalue weighted by Gasteiger charge is -2.07. The van der Waals surface area contributed by atoms with Gasteiger partial charge in [-0.1, -0.05) is 30.3 Å². The van der Waals surface area contributed by atoms with Crippen molar-refractivity contribution in [1.29, 1.82) is 5.26 Å². The minimum atomic E-state index is 0.580. The van der Waals surface area contributed by atoms with Gasteiger partial charge >= 0.3 is 0 Å². The van der Waals surface area contributed by atoms with Crippen molar-refractivity contribution < 1.29 is 0 Å². The van der Waals surface area contributed by atoms with Gasteiger partial charge in [-0.05, 0) is 11.6 Å². The third-order valence-corrected chi connectivity index (χ3v) is 2.38. The quantitative estimate of drug-likeness (QED) is 0.827. The molecule has 1 N–H and O–H groups in total. The van der Waals surface area contributed by atoms with E-state index >= 15 is 0 Å². The second kappa shape index (κ2) is 4.45. The fourth-order valence-corrected chi connectivity index (χ4v) is 1.62. The Morgan fingerprint density at radius 1 is 1.19 bits per heavy atom. The summed E-state index contributed by atoms with van der Waals surface area (Å²) in [6, 6.07) is 13.9. The van der Waals surface area contributed by atoms with Crippen molar-refractivity contribution in [2.75, 3.05) is 12.4 Å². The van der Waals surface area contributed by atoms with Crippen LogP contribution in [0.5, 0.6) is 0 Å². The van der Waals surface area contributed by atoms with E-state index in [0.717, 1.165) is 11.1 Å². The molecule has 0 aliphatic heterocycles. The van der Waals surface area contributed by atoms with Crippen LogP contribution in [0.15, 0.2) is 42.6 Å². The number of anilines is 1. The number of benzene rings is 1. The molecule has 0 unspecified atom stereocenters. The average molecular weight is 209 g/mol. The molecule has 1 aromatic heterocycles. The van der Waals surface area contributed by atoms with Gasteiger partial charge in [-0.3, -0.25) is 0 Å². The summed E-state index contributed by atoms with van der Waals surface area (Å²) in [7, 11) is 1.76. The van der Waals surface area contributed by atoms with Crippen LogP contribution >= 0.6 is 0 Å². The van der Waals surface area contributed by atoms with E-state index in [1.807, 2.05) is 36.4 Å². The largest absolute Gasteiger partial charge is 0.372 e. The molecule has 2 aromatic rings. The Kier molecular flexibility index (Phi) is 2.84. The van der Waals surface area contributed by atoms with Crippen LogP contribution in [0.2, 0.25) is 0 Å². The summed E-state index contributed by atoms with van der Waals surface area (Å²) in [6.07, 6.45) is 1.70. The smallest absolute Gasteiger partial charge is 0.144 e. The van der Waals surface area contributed by atoms with Crippen molar-refractivity contribution in [2.45, 2.75) is 0 Å². The van der Waals surface area contributed by atoms with Crippen LogP contribution in [0.4, 0.5) is 5.82 Å². The third kappa shape index (κ3) is 1.73. The van der Waals surface area contributed by atoms with Gasteiger partial charge < -0.3 is 5.32 Å². The highest BCUT2D eigenvalue weighted by Gasteiger charge is 2.09. The summed E-state index contributed by atoms with van der Waals surface area (Å²) >= 11 is 0. The fourth-order valence-electron chi connectivity index (χ4n) is 1.62. The normalized spacial score (nSPS) is 9.50. The Hall–Kier alpha value is -2.34. The van der Waals surface area contributed by atoms with Gasteiger partial charge in [0, 0.05) is 18.8 Å². The fraction of sp³-hybridized carbons (Fsp3) is 0.0769. The molecule has 78 valence electrons. The molecule has 0 amide bonds. The van der Waals surface area contributed by atoms with Crippen molar-refractivity contribution in [3.63, 3.8) is 0 Å². The number of nitrogens with one attached hydrogen (secondary N) is 1. The Bertz CT molecular complexity index is 527. The van der Waals surface area contributed by atoms with Gasteiger partial charge in [-0.2, -0.15) is 5.26 Å². The lowest BCUT2D eigenvalue weighted by molar-refractivity contribution is 1.27. The molecular weight excluding hydrogens is 198 g/mol. The zero-order valence-corrected chi connectivity index (χ0v) is 8.94. The number of aromatic nitrogens is 1. The Balaban J connectivity index is 2.63. The van der Waals surface area contributed by atoms with Gasteiger partial charge in [0.05, 0.1) is 0 Å². The Morgan fingerprint density at radius 2 is 1.94 bits per heavy atom. The van der Waals surface area contributed by atoms with Crippen molar-refractivity contribution in [3.8, 4) is 17.2 Å². The number of nitrogens with zero attached hydrogens (tertiary/aromatic N) is 2. The lowest BCUT2D eigenvalue weighted by atomic mass is 10.0. The molecule has 3 nitrogen and oxygen atoms in total. The van der Waals surface area contributed by atoms with Gasteiger partial charge in [-0.15, -0.1) is 0 Å². The topological polar surface area (TPSA) is 48.7 Å². The van der Waals surface area contributed by atoms with E-state index in [2.05, 4.69) is 16.4 Å². The predicted octanol–water partition coefficient (Wildman–Crippen LogP) is 2.66. The molecule has 1 heterocycles. The van der Waals surface area contributed by atoms with Crippen molar-refractivity contribution in [1.82, 2.24) is 4.98 Å². The van der Waals surface area contributed by atoms with Gasteiger partial charge in [0.25, 0.3) is 0 Å². The minimum Gasteiger partial charge on any atom is -0.372 e. The molecular formula is C13H11N3. The lowest BCUT2D eigenvalue weighted by Crippen LogP contribution is -1.97. The summed E-state index contributed by atoms with van der Waals surface area (Å²) in [5, 5.41) is 12.1. The number of pyridine rings is 1. The summed E-state index contributed by atoms with van der Waals surface area (Å²) in [4.78, 5) is 4.12. The molecule has 0 fully saturated rings. The molecule has 0 aliphatic carbocycles. The first-order valence-electron chi connectivity index (χ1n) is 4.99. The maximum atomic E-state index is 9.16. The number of nitriles is 1. The Labute approximate surface area is 94.4 Å². The predicted molar refractivity (Wildman–Crippen MR) is 63.9 cm³/mol. The monoisotopic (exact) mass is 209 g/mol. The first-order chi connectivity index (χ1) is 7.86. The molecule has 2 rings (SSSR count). The SMILES string of the molecule is CNc1nccc(-c2ccccc2)c1C#N. The van der Waals surface area contributed by atoms with Crippen molar-refractivity contribution in [3.05, 3.63) is 48.2 Å². The molecule has 0 saturated heterocycles. The molecule has 0 radical (unpaired) electrons. The van der Waals surface area contributed by atoms with E-state index in [4.69, 9.17) is 5.26 Å². The van der Waals surface area contributed by atoms with Crippen LogP contribution < -0.4 is 5.32 Å². The molecule has 0 saturated carbocycles. The maximum absolute atomic E-state index is 9.16. The maximum Gasteiger partial charge on any atom is 0.144 e. The molecule has 0 bridgehead atoms. The Morgan fingerprint density at radius 3 is 2.56 bits per heavy atom. The average Bonchev–Trinajstić information content (AvgIpc) is 2.38. The van der Waals surface area contributed by atoms with Gasteiger partial charge in [0.1, 0.15) is 17.5 Å². The first kappa shape index (κ1) is 10.2. The molecule has 16 heavy (non-hydrogen) atoms. The van der Waals surface area contributed by atoms with Crippen molar-refractivity contribution >= 4 is 5.82 Å². The molecule has 0 aliphatic rings.